The molecule has 0 amide bonds. The Morgan fingerprint density at radius 1 is 0.490 bits per heavy atom. The average Bonchev–Trinajstić information content (AvgIpc) is 3.83. The lowest BCUT2D eigenvalue weighted by atomic mass is 9.97. The first kappa shape index (κ1) is 20.3. The molecule has 0 atom stereocenters. The van der Waals surface area contributed by atoms with Gasteiger partial charge in [0.1, 0.15) is 11.2 Å². The zero-order valence-electron chi connectivity index (χ0n) is 34.8. The largest absolute Gasteiger partial charge is 0.456 e. The van der Waals surface area contributed by atoms with Gasteiger partial charge in [-0.2, -0.15) is 0 Å². The van der Waals surface area contributed by atoms with Crippen molar-refractivity contribution in [1.82, 2.24) is 0 Å². The Morgan fingerprint density at radius 3 is 2.10 bits per heavy atom. The average molecular weight is 653 g/mol. The van der Waals surface area contributed by atoms with Gasteiger partial charge < -0.3 is 9.32 Å². The minimum Gasteiger partial charge on any atom is -0.456 e. The zero-order chi connectivity index (χ0) is 40.1. The van der Waals surface area contributed by atoms with Crippen molar-refractivity contribution in [2.45, 2.75) is 0 Å². The van der Waals surface area contributed by atoms with Crippen LogP contribution in [0.1, 0.15) is 12.3 Å². The minimum absolute atomic E-state index is 0.0438. The van der Waals surface area contributed by atoms with Crippen LogP contribution in [-0.4, -0.2) is 0 Å². The molecular formula is C46H29NOS. The summed E-state index contributed by atoms with van der Waals surface area (Å²) in [7, 11) is 0. The van der Waals surface area contributed by atoms with Gasteiger partial charge >= 0.3 is 0 Å². The van der Waals surface area contributed by atoms with E-state index in [0.29, 0.717) is 11.4 Å². The standard InChI is InChI=1S/C46H29NOS/c1-2-10-31(11-3-1)36-12-4-7-15-41(36)47(35-25-26-38-37-13-6-9-17-44(37)49-45(38)29-35)34-23-20-30(21-24-34)33-19-18-32-22-27-43-46(40(32)28-33)39-14-5-8-16-42(39)48-43/h1-29H/i1D,2D,3D,4D,7D,10D,11D,12D,15D. The number of fused-ring (bicyclic) bond motifs is 8. The van der Waals surface area contributed by atoms with Crippen LogP contribution in [0.4, 0.5) is 17.1 Å². The van der Waals surface area contributed by atoms with Crippen LogP contribution in [0.2, 0.25) is 0 Å². The lowest BCUT2D eigenvalue weighted by Crippen LogP contribution is -2.11. The fourth-order valence-corrected chi connectivity index (χ4v) is 7.96. The van der Waals surface area contributed by atoms with Crippen molar-refractivity contribution in [3.8, 4) is 22.3 Å². The third-order valence-electron chi connectivity index (χ3n) is 9.08. The van der Waals surface area contributed by atoms with Gasteiger partial charge in [0.25, 0.3) is 0 Å². The molecule has 2 heterocycles. The molecule has 0 radical (unpaired) electrons. The van der Waals surface area contributed by atoms with Crippen LogP contribution in [0.5, 0.6) is 0 Å². The van der Waals surface area contributed by atoms with Gasteiger partial charge in [-0.15, -0.1) is 11.3 Å². The van der Waals surface area contributed by atoms with E-state index in [9.17, 15) is 2.74 Å². The molecule has 0 saturated heterocycles. The van der Waals surface area contributed by atoms with E-state index in [1.54, 1.807) is 16.2 Å². The quantitative estimate of drug-likeness (QED) is 0.184. The number of hydrogen-bond acceptors (Lipinski definition) is 3. The first-order valence-electron chi connectivity index (χ1n) is 20.4. The van der Waals surface area contributed by atoms with Gasteiger partial charge in [-0.05, 0) is 82.0 Å². The predicted molar refractivity (Wildman–Crippen MR) is 210 cm³/mol. The third kappa shape index (κ3) is 4.62. The summed E-state index contributed by atoms with van der Waals surface area (Å²) in [5.41, 5.74) is 4.01. The summed E-state index contributed by atoms with van der Waals surface area (Å²) in [5, 5.41) is 6.29. The van der Waals surface area contributed by atoms with Gasteiger partial charge in [0.15, 0.2) is 0 Å². The number of thiophene rings is 1. The number of nitrogens with zero attached hydrogens (tertiary/aromatic N) is 1. The number of rotatable bonds is 5. The maximum absolute atomic E-state index is 9.37. The third-order valence-corrected chi connectivity index (χ3v) is 10.2. The monoisotopic (exact) mass is 652 g/mol. The second kappa shape index (κ2) is 11.2. The molecule has 0 bridgehead atoms. The molecule has 0 N–H and O–H groups in total. The first-order chi connectivity index (χ1) is 28.0. The smallest absolute Gasteiger partial charge is 0.136 e. The van der Waals surface area contributed by atoms with Crippen LogP contribution in [0.3, 0.4) is 0 Å². The minimum atomic E-state index is -0.604. The van der Waals surface area contributed by atoms with Crippen molar-refractivity contribution in [3.05, 3.63) is 176 Å². The van der Waals surface area contributed by atoms with E-state index in [-0.39, 0.29) is 16.8 Å². The van der Waals surface area contributed by atoms with Crippen LogP contribution >= 0.6 is 11.3 Å². The molecule has 10 aromatic rings. The van der Waals surface area contributed by atoms with Crippen LogP contribution in [-0.2, 0) is 0 Å². The summed E-state index contributed by atoms with van der Waals surface area (Å²) in [5.74, 6) is 0. The number of para-hydroxylation sites is 2. The zero-order valence-corrected chi connectivity index (χ0v) is 26.6. The van der Waals surface area contributed by atoms with Crippen LogP contribution < -0.4 is 4.90 Å². The van der Waals surface area contributed by atoms with Crippen LogP contribution in [0.15, 0.2) is 180 Å². The van der Waals surface area contributed by atoms with Gasteiger partial charge in [0, 0.05) is 47.9 Å². The second-order valence-electron chi connectivity index (χ2n) is 11.9. The molecule has 230 valence electrons. The van der Waals surface area contributed by atoms with Crippen molar-refractivity contribution >= 4 is 81.3 Å². The van der Waals surface area contributed by atoms with Crippen molar-refractivity contribution in [3.63, 3.8) is 0 Å². The number of hydrogen-bond donors (Lipinski definition) is 0. The highest BCUT2D eigenvalue weighted by molar-refractivity contribution is 7.25. The first-order valence-corrected chi connectivity index (χ1v) is 16.7. The Balaban J connectivity index is 1.21. The van der Waals surface area contributed by atoms with Crippen LogP contribution in [0.25, 0.3) is 75.1 Å². The lowest BCUT2D eigenvalue weighted by molar-refractivity contribution is 0.669. The van der Waals surface area contributed by atoms with Crippen molar-refractivity contribution in [2.75, 3.05) is 4.90 Å². The van der Waals surface area contributed by atoms with E-state index in [4.69, 9.17) is 14.0 Å². The summed E-state index contributed by atoms with van der Waals surface area (Å²) < 4.78 is 87.2. The Bertz CT molecular complexity index is 3330. The number of anilines is 3. The Morgan fingerprint density at radius 2 is 1.20 bits per heavy atom. The summed E-state index contributed by atoms with van der Waals surface area (Å²) in [6.07, 6.45) is 0. The Hall–Kier alpha value is -6.16. The summed E-state index contributed by atoms with van der Waals surface area (Å²) in [6, 6.07) is 34.9. The molecule has 8 aromatic carbocycles. The summed E-state index contributed by atoms with van der Waals surface area (Å²) in [4.78, 5) is 1.70. The highest BCUT2D eigenvalue weighted by Crippen LogP contribution is 2.44. The molecule has 0 spiro atoms. The molecule has 0 unspecified atom stereocenters. The molecule has 0 fully saturated rings. The molecule has 2 nitrogen and oxygen atoms in total. The summed E-state index contributed by atoms with van der Waals surface area (Å²) in [6.45, 7) is 0. The van der Waals surface area contributed by atoms with Crippen LogP contribution in [0, 0.1) is 0 Å². The molecule has 10 rings (SSSR count). The highest BCUT2D eigenvalue weighted by Gasteiger charge is 2.19. The Kier molecular flexibility index (Phi) is 4.64. The van der Waals surface area contributed by atoms with E-state index >= 15 is 0 Å². The van der Waals surface area contributed by atoms with Crippen molar-refractivity contribution in [2.24, 2.45) is 0 Å². The number of furan rings is 1. The molecule has 0 aliphatic heterocycles. The topological polar surface area (TPSA) is 16.4 Å². The molecular weight excluding hydrogens is 615 g/mol. The fourth-order valence-electron chi connectivity index (χ4n) is 6.82. The van der Waals surface area contributed by atoms with Gasteiger partial charge in [0.05, 0.1) is 18.0 Å². The van der Waals surface area contributed by atoms with Crippen molar-refractivity contribution in [1.29, 1.82) is 0 Å². The van der Waals surface area contributed by atoms with Crippen molar-refractivity contribution < 1.29 is 16.8 Å². The fraction of sp³-hybridized carbons (Fsp3) is 0. The van der Waals surface area contributed by atoms with E-state index in [0.717, 1.165) is 64.0 Å². The van der Waals surface area contributed by atoms with E-state index < -0.39 is 54.4 Å². The maximum atomic E-state index is 9.37. The number of benzene rings is 8. The van der Waals surface area contributed by atoms with E-state index in [2.05, 4.69) is 30.3 Å². The molecule has 3 heteroatoms. The molecule has 2 aromatic heterocycles. The maximum Gasteiger partial charge on any atom is 0.136 e. The molecule has 0 aliphatic carbocycles. The normalized spacial score (nSPS) is 14.2. The predicted octanol–water partition coefficient (Wildman–Crippen LogP) is 13.9. The Labute approximate surface area is 300 Å². The highest BCUT2D eigenvalue weighted by atomic mass is 32.1. The second-order valence-corrected chi connectivity index (χ2v) is 12.9. The molecule has 0 saturated carbocycles. The van der Waals surface area contributed by atoms with E-state index in [1.807, 2.05) is 91.0 Å². The molecule has 0 aliphatic rings. The van der Waals surface area contributed by atoms with E-state index in [1.165, 1.54) is 0 Å². The van der Waals surface area contributed by atoms with Gasteiger partial charge in [0.2, 0.25) is 0 Å². The van der Waals surface area contributed by atoms with Gasteiger partial charge in [-0.3, -0.25) is 0 Å². The summed E-state index contributed by atoms with van der Waals surface area (Å²) >= 11 is 1.60. The SMILES string of the molecule is [2H]c1c([2H])c([2H])c(-c2c([2H])c([2H])c([2H])c([2H])c2N(c2ccc(-c3ccc4ccc5oc6ccccc6c5c4c3)cc2)c2ccc3c(c2)sc2ccccc23)c([2H])c1[2H]. The van der Waals surface area contributed by atoms with Gasteiger partial charge in [-0.1, -0.05) is 121 Å². The molecule has 49 heavy (non-hydrogen) atoms. The van der Waals surface area contributed by atoms with Gasteiger partial charge in [-0.25, -0.2) is 0 Å². The lowest BCUT2D eigenvalue weighted by Gasteiger charge is -2.28.